The Morgan fingerprint density at radius 1 is 1.17 bits per heavy atom. The Bertz CT molecular complexity index is 958. The summed E-state index contributed by atoms with van der Waals surface area (Å²) in [7, 11) is 0. The molecule has 0 saturated heterocycles. The molecular formula is C22H26N2O4S. The molecule has 0 atom stereocenters. The van der Waals surface area contributed by atoms with Gasteiger partial charge < -0.3 is 4.74 Å². The zero-order valence-electron chi connectivity index (χ0n) is 17.3. The van der Waals surface area contributed by atoms with E-state index in [9.17, 15) is 14.9 Å². The summed E-state index contributed by atoms with van der Waals surface area (Å²) in [6.07, 6.45) is 1.15. The van der Waals surface area contributed by atoms with Gasteiger partial charge in [-0.3, -0.25) is 14.9 Å². The second-order valence-corrected chi connectivity index (χ2v) is 8.36. The third-order valence-corrected chi connectivity index (χ3v) is 6.71. The summed E-state index contributed by atoms with van der Waals surface area (Å²) in [5, 5.41) is 11.3. The van der Waals surface area contributed by atoms with Crippen molar-refractivity contribution in [3.63, 3.8) is 0 Å². The highest BCUT2D eigenvalue weighted by Gasteiger charge is 2.26. The molecule has 29 heavy (non-hydrogen) atoms. The molecule has 2 aromatic carbocycles. The first-order chi connectivity index (χ1) is 13.8. The largest absolute Gasteiger partial charge is 0.466 e. The number of fused-ring (bicyclic) bond motifs is 1. The van der Waals surface area contributed by atoms with Crippen molar-refractivity contribution in [3.05, 3.63) is 67.8 Å². The number of nitro groups is 1. The maximum Gasteiger partial charge on any atom is 0.310 e. The monoisotopic (exact) mass is 414 g/mol. The molecule has 3 rings (SSSR count). The average Bonchev–Trinajstić information content (AvgIpc) is 2.70. The Morgan fingerprint density at radius 3 is 2.59 bits per heavy atom. The summed E-state index contributed by atoms with van der Waals surface area (Å²) in [5.74, 6) is -0.192. The topological polar surface area (TPSA) is 72.7 Å². The normalized spacial score (nSPS) is 13.8. The lowest BCUT2D eigenvalue weighted by molar-refractivity contribution is -0.387. The second-order valence-electron chi connectivity index (χ2n) is 7.22. The highest BCUT2D eigenvalue weighted by molar-refractivity contribution is 7.97. The molecule has 0 radical (unpaired) electrons. The predicted molar refractivity (Wildman–Crippen MR) is 114 cm³/mol. The molecule has 1 aliphatic rings. The smallest absolute Gasteiger partial charge is 0.310 e. The van der Waals surface area contributed by atoms with Crippen LogP contribution in [0.25, 0.3) is 0 Å². The first kappa shape index (κ1) is 21.3. The number of rotatable bonds is 6. The summed E-state index contributed by atoms with van der Waals surface area (Å²) < 4.78 is 7.33. The summed E-state index contributed by atoms with van der Waals surface area (Å²) >= 11 is 1.44. The number of carbonyl (C=O) groups is 1. The summed E-state index contributed by atoms with van der Waals surface area (Å²) in [5.41, 5.74) is 7.27. The van der Waals surface area contributed by atoms with Crippen molar-refractivity contribution in [1.29, 1.82) is 0 Å². The number of ether oxygens (including phenoxy) is 1. The zero-order chi connectivity index (χ0) is 21.1. The van der Waals surface area contributed by atoms with Crippen molar-refractivity contribution in [3.8, 4) is 0 Å². The van der Waals surface area contributed by atoms with E-state index in [1.165, 1.54) is 34.2 Å². The summed E-state index contributed by atoms with van der Waals surface area (Å²) in [6.45, 7) is 9.97. The standard InChI is InChI=1S/C22H26N2O4S/c1-5-28-22(25)12-18-14(2)15(3)19-13-23(11-10-17(19)16(18)4)29-21-9-7-6-8-20(21)24(26)27/h6-9H,5,10-13H2,1-4H3. The number of hydrogen-bond acceptors (Lipinski definition) is 6. The van der Waals surface area contributed by atoms with Crippen LogP contribution in [-0.2, 0) is 28.9 Å². The van der Waals surface area contributed by atoms with E-state index in [4.69, 9.17) is 4.74 Å². The number of benzene rings is 2. The van der Waals surface area contributed by atoms with Crippen molar-refractivity contribution in [2.45, 2.75) is 52.0 Å². The van der Waals surface area contributed by atoms with E-state index < -0.39 is 0 Å². The molecule has 154 valence electrons. The lowest BCUT2D eigenvalue weighted by atomic mass is 9.84. The van der Waals surface area contributed by atoms with Crippen LogP contribution in [0.15, 0.2) is 29.2 Å². The highest BCUT2D eigenvalue weighted by atomic mass is 32.2. The van der Waals surface area contributed by atoms with E-state index in [0.29, 0.717) is 17.9 Å². The Morgan fingerprint density at radius 2 is 1.90 bits per heavy atom. The fourth-order valence-corrected chi connectivity index (χ4v) is 4.97. The molecule has 7 heteroatoms. The maximum atomic E-state index is 12.0. The number of esters is 1. The molecule has 0 N–H and O–H groups in total. The molecule has 0 bridgehead atoms. The van der Waals surface area contributed by atoms with E-state index in [1.54, 1.807) is 18.2 Å². The molecule has 0 spiro atoms. The van der Waals surface area contributed by atoms with Gasteiger partial charge >= 0.3 is 5.97 Å². The Hall–Kier alpha value is -2.38. The molecule has 2 aromatic rings. The molecule has 0 amide bonds. The lowest BCUT2D eigenvalue weighted by Crippen LogP contribution is -2.27. The Balaban J connectivity index is 1.88. The molecule has 0 aliphatic carbocycles. The SMILES string of the molecule is CCOC(=O)Cc1c(C)c(C)c2c(c1C)CCN(Sc1ccccc1[N+](=O)[O-])C2. The van der Waals surface area contributed by atoms with Gasteiger partial charge in [0.15, 0.2) is 0 Å². The van der Waals surface area contributed by atoms with E-state index in [-0.39, 0.29) is 16.6 Å². The van der Waals surface area contributed by atoms with Gasteiger partial charge in [0.2, 0.25) is 0 Å². The van der Waals surface area contributed by atoms with Crippen LogP contribution in [-0.4, -0.2) is 28.3 Å². The van der Waals surface area contributed by atoms with Gasteiger partial charge in [0.05, 0.1) is 18.0 Å². The highest BCUT2D eigenvalue weighted by Crippen LogP contribution is 2.38. The van der Waals surface area contributed by atoms with Gasteiger partial charge in [-0.1, -0.05) is 12.1 Å². The van der Waals surface area contributed by atoms with Crippen molar-refractivity contribution in [1.82, 2.24) is 4.31 Å². The fraction of sp³-hybridized carbons (Fsp3) is 0.409. The second kappa shape index (κ2) is 8.97. The first-order valence-corrected chi connectivity index (χ1v) is 10.5. The van der Waals surface area contributed by atoms with Crippen molar-refractivity contribution < 1.29 is 14.5 Å². The quantitative estimate of drug-likeness (QED) is 0.295. The minimum atomic E-state index is -0.332. The van der Waals surface area contributed by atoms with Crippen LogP contribution >= 0.6 is 11.9 Å². The summed E-state index contributed by atoms with van der Waals surface area (Å²) in [4.78, 5) is 23.7. The van der Waals surface area contributed by atoms with Crippen LogP contribution in [0.1, 0.15) is 40.3 Å². The van der Waals surface area contributed by atoms with Crippen LogP contribution in [0.4, 0.5) is 5.69 Å². The van der Waals surface area contributed by atoms with Gasteiger partial charge in [-0.15, -0.1) is 0 Å². The molecule has 0 unspecified atom stereocenters. The van der Waals surface area contributed by atoms with Gasteiger partial charge in [0, 0.05) is 19.2 Å². The molecule has 6 nitrogen and oxygen atoms in total. The van der Waals surface area contributed by atoms with Crippen molar-refractivity contribution >= 4 is 23.6 Å². The third kappa shape index (κ3) is 4.46. The van der Waals surface area contributed by atoms with E-state index in [0.717, 1.165) is 30.6 Å². The van der Waals surface area contributed by atoms with Crippen molar-refractivity contribution in [2.75, 3.05) is 13.2 Å². The van der Waals surface area contributed by atoms with Crippen LogP contribution in [0, 0.1) is 30.9 Å². The zero-order valence-corrected chi connectivity index (χ0v) is 18.1. The fourth-order valence-electron chi connectivity index (χ4n) is 3.94. The van der Waals surface area contributed by atoms with Crippen LogP contribution in [0.2, 0.25) is 0 Å². The molecule has 1 heterocycles. The number of hydrogen-bond donors (Lipinski definition) is 0. The number of nitro benzene ring substituents is 1. The average molecular weight is 415 g/mol. The van der Waals surface area contributed by atoms with Crippen molar-refractivity contribution in [2.24, 2.45) is 0 Å². The molecule has 0 saturated carbocycles. The molecule has 0 fully saturated rings. The van der Waals surface area contributed by atoms with E-state index in [2.05, 4.69) is 25.1 Å². The van der Waals surface area contributed by atoms with Crippen LogP contribution in [0.5, 0.6) is 0 Å². The molecular weight excluding hydrogens is 388 g/mol. The Labute approximate surface area is 175 Å². The van der Waals surface area contributed by atoms with Gasteiger partial charge in [-0.25, -0.2) is 4.31 Å². The summed E-state index contributed by atoms with van der Waals surface area (Å²) in [6, 6.07) is 6.86. The minimum absolute atomic E-state index is 0.136. The van der Waals surface area contributed by atoms with E-state index >= 15 is 0 Å². The lowest BCUT2D eigenvalue weighted by Gasteiger charge is -2.32. The maximum absolute atomic E-state index is 12.0. The number of nitrogens with zero attached hydrogens (tertiary/aromatic N) is 2. The predicted octanol–water partition coefficient (Wildman–Crippen LogP) is 4.69. The molecule has 1 aliphatic heterocycles. The Kier molecular flexibility index (Phi) is 6.59. The first-order valence-electron chi connectivity index (χ1n) is 9.75. The third-order valence-electron chi connectivity index (χ3n) is 5.60. The minimum Gasteiger partial charge on any atom is -0.466 e. The van der Waals surface area contributed by atoms with Crippen LogP contribution < -0.4 is 0 Å². The molecule has 0 aromatic heterocycles. The van der Waals surface area contributed by atoms with Gasteiger partial charge in [0.1, 0.15) is 4.90 Å². The van der Waals surface area contributed by atoms with Gasteiger partial charge in [-0.2, -0.15) is 0 Å². The number of para-hydroxylation sites is 1. The van der Waals surface area contributed by atoms with Gasteiger partial charge in [-0.05, 0) is 85.5 Å². The number of carbonyl (C=O) groups excluding carboxylic acids is 1. The van der Waals surface area contributed by atoms with Gasteiger partial charge in [0.25, 0.3) is 5.69 Å². The van der Waals surface area contributed by atoms with Crippen LogP contribution in [0.3, 0.4) is 0 Å². The van der Waals surface area contributed by atoms with E-state index in [1.807, 2.05) is 13.0 Å².